The molecule has 0 saturated carbocycles. The van der Waals surface area contributed by atoms with Gasteiger partial charge < -0.3 is 19.7 Å². The van der Waals surface area contributed by atoms with E-state index in [-0.39, 0.29) is 6.03 Å². The van der Waals surface area contributed by atoms with Crippen molar-refractivity contribution in [3.8, 4) is 0 Å². The molecule has 0 atom stereocenters. The van der Waals surface area contributed by atoms with Crippen molar-refractivity contribution >= 4 is 29.2 Å². The summed E-state index contributed by atoms with van der Waals surface area (Å²) in [6, 6.07) is 5.13. The Morgan fingerprint density at radius 2 is 1.81 bits per heavy atom. The molecular weight excluding hydrogens is 315 g/mol. The molecule has 1 aromatic carbocycles. The van der Waals surface area contributed by atoms with Crippen molar-refractivity contribution in [3.05, 3.63) is 33.8 Å². The highest BCUT2D eigenvalue weighted by Gasteiger charge is 2.13. The molecule has 1 rings (SSSR count). The molecule has 0 bridgehead atoms. The fourth-order valence-corrected chi connectivity index (χ4v) is 2.07. The zero-order chi connectivity index (χ0) is 15.7. The smallest absolute Gasteiger partial charge is 0.317 e. The van der Waals surface area contributed by atoms with E-state index in [1.165, 1.54) is 0 Å². The molecular formula is C14H20Cl2N2O3. The van der Waals surface area contributed by atoms with E-state index in [1.54, 1.807) is 31.3 Å². The Morgan fingerprint density at radius 3 is 2.38 bits per heavy atom. The first-order valence-electron chi connectivity index (χ1n) is 6.53. The Morgan fingerprint density at radius 1 is 1.19 bits per heavy atom. The molecule has 0 heterocycles. The van der Waals surface area contributed by atoms with E-state index in [0.717, 1.165) is 5.56 Å². The third kappa shape index (κ3) is 6.09. The van der Waals surface area contributed by atoms with Crippen LogP contribution in [0.5, 0.6) is 0 Å². The van der Waals surface area contributed by atoms with Gasteiger partial charge in [-0.05, 0) is 11.6 Å². The summed E-state index contributed by atoms with van der Waals surface area (Å²) in [6.07, 6.45) is 0. The van der Waals surface area contributed by atoms with Crippen molar-refractivity contribution in [1.29, 1.82) is 0 Å². The van der Waals surface area contributed by atoms with Gasteiger partial charge in [0.15, 0.2) is 0 Å². The molecule has 0 aromatic heterocycles. The highest BCUT2D eigenvalue weighted by atomic mass is 35.5. The lowest BCUT2D eigenvalue weighted by Gasteiger charge is -2.22. The summed E-state index contributed by atoms with van der Waals surface area (Å²) in [5.41, 5.74) is 0.774. The topological polar surface area (TPSA) is 50.8 Å². The number of urea groups is 1. The van der Waals surface area contributed by atoms with Crippen molar-refractivity contribution in [2.75, 3.05) is 40.5 Å². The summed E-state index contributed by atoms with van der Waals surface area (Å²) in [6.45, 7) is 2.24. The van der Waals surface area contributed by atoms with Crippen LogP contribution in [-0.2, 0) is 16.0 Å². The van der Waals surface area contributed by atoms with Crippen LogP contribution in [0.15, 0.2) is 18.2 Å². The molecule has 21 heavy (non-hydrogen) atoms. The minimum atomic E-state index is -0.194. The summed E-state index contributed by atoms with van der Waals surface area (Å²) >= 11 is 12.0. The van der Waals surface area contributed by atoms with Crippen LogP contribution in [0.2, 0.25) is 10.0 Å². The third-order valence-corrected chi connectivity index (χ3v) is 3.74. The number of rotatable bonds is 8. The van der Waals surface area contributed by atoms with E-state index < -0.39 is 0 Å². The summed E-state index contributed by atoms with van der Waals surface area (Å²) in [5.74, 6) is 0. The summed E-state index contributed by atoms with van der Waals surface area (Å²) in [7, 11) is 3.19. The van der Waals surface area contributed by atoms with Crippen LogP contribution in [0.4, 0.5) is 4.79 Å². The standard InChI is InChI=1S/C14H20Cl2N2O3/c1-20-8-6-18(7-9-21-2)14(19)17-10-11-4-3-5-12(15)13(11)16/h3-5H,6-10H2,1-2H3,(H,17,19). The van der Waals surface area contributed by atoms with Crippen LogP contribution in [0.25, 0.3) is 0 Å². The van der Waals surface area contributed by atoms with Gasteiger partial charge >= 0.3 is 6.03 Å². The van der Waals surface area contributed by atoms with E-state index in [0.29, 0.717) is 42.9 Å². The Bertz CT molecular complexity index is 450. The van der Waals surface area contributed by atoms with Crippen LogP contribution >= 0.6 is 23.2 Å². The fraction of sp³-hybridized carbons (Fsp3) is 0.500. The van der Waals surface area contributed by atoms with E-state index >= 15 is 0 Å². The number of nitrogens with one attached hydrogen (secondary N) is 1. The number of methoxy groups -OCH3 is 2. The number of benzene rings is 1. The van der Waals surface area contributed by atoms with Gasteiger partial charge in [-0.15, -0.1) is 0 Å². The zero-order valence-electron chi connectivity index (χ0n) is 12.2. The van der Waals surface area contributed by atoms with Crippen LogP contribution in [0.1, 0.15) is 5.56 Å². The minimum absolute atomic E-state index is 0.194. The van der Waals surface area contributed by atoms with Crippen molar-refractivity contribution in [3.63, 3.8) is 0 Å². The number of carbonyl (C=O) groups is 1. The van der Waals surface area contributed by atoms with Crippen molar-refractivity contribution < 1.29 is 14.3 Å². The quantitative estimate of drug-likeness (QED) is 0.795. The van der Waals surface area contributed by atoms with Gasteiger partial charge in [0.05, 0.1) is 23.3 Å². The highest BCUT2D eigenvalue weighted by Crippen LogP contribution is 2.25. The number of hydrogen-bond donors (Lipinski definition) is 1. The number of nitrogens with zero attached hydrogens (tertiary/aromatic N) is 1. The van der Waals surface area contributed by atoms with Crippen LogP contribution in [0, 0.1) is 0 Å². The molecule has 1 N–H and O–H groups in total. The van der Waals surface area contributed by atoms with Gasteiger partial charge in [0.2, 0.25) is 0 Å². The maximum atomic E-state index is 12.2. The maximum Gasteiger partial charge on any atom is 0.317 e. The monoisotopic (exact) mass is 334 g/mol. The Balaban J connectivity index is 2.57. The Kier molecular flexibility index (Phi) is 8.45. The molecule has 0 fully saturated rings. The zero-order valence-corrected chi connectivity index (χ0v) is 13.7. The Hall–Kier alpha value is -1.01. The minimum Gasteiger partial charge on any atom is -0.383 e. The second-order valence-electron chi connectivity index (χ2n) is 4.34. The van der Waals surface area contributed by atoms with Gasteiger partial charge in [0, 0.05) is 33.9 Å². The lowest BCUT2D eigenvalue weighted by Crippen LogP contribution is -2.43. The first kappa shape index (κ1) is 18.0. The van der Waals surface area contributed by atoms with Gasteiger partial charge in [0.1, 0.15) is 0 Å². The maximum absolute atomic E-state index is 12.2. The number of ether oxygens (including phenoxy) is 2. The second-order valence-corrected chi connectivity index (χ2v) is 5.13. The molecule has 2 amide bonds. The predicted molar refractivity (Wildman–Crippen MR) is 84.0 cm³/mol. The average molecular weight is 335 g/mol. The van der Waals surface area contributed by atoms with Crippen LogP contribution in [0.3, 0.4) is 0 Å². The van der Waals surface area contributed by atoms with E-state index in [1.807, 2.05) is 6.07 Å². The third-order valence-electron chi connectivity index (χ3n) is 2.88. The molecule has 0 unspecified atom stereocenters. The number of hydrogen-bond acceptors (Lipinski definition) is 3. The summed E-state index contributed by atoms with van der Waals surface area (Å²) in [5, 5.41) is 3.75. The molecule has 0 radical (unpaired) electrons. The van der Waals surface area contributed by atoms with Gasteiger partial charge in [-0.2, -0.15) is 0 Å². The number of halogens is 2. The summed E-state index contributed by atoms with van der Waals surface area (Å²) in [4.78, 5) is 13.8. The molecule has 0 aliphatic rings. The van der Waals surface area contributed by atoms with E-state index in [2.05, 4.69) is 5.32 Å². The van der Waals surface area contributed by atoms with Gasteiger partial charge in [0.25, 0.3) is 0 Å². The van der Waals surface area contributed by atoms with Crippen molar-refractivity contribution in [2.24, 2.45) is 0 Å². The molecule has 1 aromatic rings. The van der Waals surface area contributed by atoms with Crippen molar-refractivity contribution in [1.82, 2.24) is 10.2 Å². The van der Waals surface area contributed by atoms with E-state index in [4.69, 9.17) is 32.7 Å². The summed E-state index contributed by atoms with van der Waals surface area (Å²) < 4.78 is 10.00. The molecule has 118 valence electrons. The van der Waals surface area contributed by atoms with Gasteiger partial charge in [-0.25, -0.2) is 4.79 Å². The SMILES string of the molecule is COCCN(CCOC)C(=O)NCc1cccc(Cl)c1Cl. The molecule has 5 nitrogen and oxygen atoms in total. The predicted octanol–water partition coefficient (Wildman–Crippen LogP) is 2.80. The molecule has 0 saturated heterocycles. The number of carbonyl (C=O) groups excluding carboxylic acids is 1. The van der Waals surface area contributed by atoms with Crippen LogP contribution < -0.4 is 5.32 Å². The first-order valence-corrected chi connectivity index (χ1v) is 7.29. The lowest BCUT2D eigenvalue weighted by molar-refractivity contribution is 0.122. The van der Waals surface area contributed by atoms with Gasteiger partial charge in [-0.3, -0.25) is 0 Å². The van der Waals surface area contributed by atoms with Crippen LogP contribution in [-0.4, -0.2) is 51.5 Å². The molecule has 0 spiro atoms. The molecule has 0 aliphatic heterocycles. The highest BCUT2D eigenvalue weighted by molar-refractivity contribution is 6.42. The first-order chi connectivity index (χ1) is 10.1. The fourth-order valence-electron chi connectivity index (χ4n) is 1.69. The largest absolute Gasteiger partial charge is 0.383 e. The number of amides is 2. The average Bonchev–Trinajstić information content (AvgIpc) is 2.48. The van der Waals surface area contributed by atoms with E-state index in [9.17, 15) is 4.79 Å². The molecule has 7 heteroatoms. The lowest BCUT2D eigenvalue weighted by atomic mass is 10.2. The van der Waals surface area contributed by atoms with Crippen molar-refractivity contribution in [2.45, 2.75) is 6.54 Å². The normalized spacial score (nSPS) is 10.5. The van der Waals surface area contributed by atoms with Gasteiger partial charge in [-0.1, -0.05) is 35.3 Å². The second kappa shape index (κ2) is 9.84. The Labute approximate surface area is 135 Å². The molecule has 0 aliphatic carbocycles.